The third kappa shape index (κ3) is 7.74. The van der Waals surface area contributed by atoms with Gasteiger partial charge in [0.1, 0.15) is 0 Å². The molecule has 0 spiro atoms. The highest BCUT2D eigenvalue weighted by molar-refractivity contribution is 7.09. The molecule has 132 valence electrons. The smallest absolute Gasteiger partial charge is 0.0900 e. The number of rotatable bonds is 10. The molecule has 0 saturated carbocycles. The van der Waals surface area contributed by atoms with Crippen molar-refractivity contribution in [3.8, 4) is 0 Å². The normalized spacial score (nSPS) is 18.0. The first kappa shape index (κ1) is 18.8. The van der Waals surface area contributed by atoms with Gasteiger partial charge in [-0.25, -0.2) is 0 Å². The van der Waals surface area contributed by atoms with Crippen molar-refractivity contribution < 1.29 is 14.6 Å². The second-order valence-corrected chi connectivity index (χ2v) is 7.34. The predicted octanol–water partition coefficient (Wildman–Crippen LogP) is 1.67. The number of thiophene rings is 1. The Morgan fingerprint density at radius 1 is 1.39 bits per heavy atom. The van der Waals surface area contributed by atoms with Gasteiger partial charge in [-0.3, -0.25) is 9.80 Å². The first-order chi connectivity index (χ1) is 11.1. The van der Waals surface area contributed by atoms with Crippen molar-refractivity contribution in [2.45, 2.75) is 32.6 Å². The fraction of sp³-hybridized carbons (Fsp3) is 0.765. The van der Waals surface area contributed by atoms with Gasteiger partial charge in [0, 0.05) is 44.1 Å². The maximum atomic E-state index is 10.2. The molecule has 1 aliphatic heterocycles. The minimum atomic E-state index is -0.443. The summed E-state index contributed by atoms with van der Waals surface area (Å²) < 4.78 is 10.9. The average Bonchev–Trinajstić information content (AvgIpc) is 3.04. The van der Waals surface area contributed by atoms with Gasteiger partial charge in [0.25, 0.3) is 0 Å². The van der Waals surface area contributed by atoms with Crippen LogP contribution in [0.25, 0.3) is 0 Å². The Bertz CT molecular complexity index is 408. The Labute approximate surface area is 143 Å². The van der Waals surface area contributed by atoms with Gasteiger partial charge < -0.3 is 14.6 Å². The Kier molecular flexibility index (Phi) is 8.50. The molecule has 23 heavy (non-hydrogen) atoms. The fourth-order valence-corrected chi connectivity index (χ4v) is 3.37. The van der Waals surface area contributed by atoms with Crippen LogP contribution in [0.3, 0.4) is 0 Å². The maximum Gasteiger partial charge on any atom is 0.0900 e. The molecule has 0 aliphatic carbocycles. The lowest BCUT2D eigenvalue weighted by atomic mass is 10.3. The molecule has 1 aliphatic rings. The fourth-order valence-electron chi connectivity index (χ4n) is 2.62. The van der Waals surface area contributed by atoms with Crippen molar-refractivity contribution in [1.29, 1.82) is 0 Å². The quantitative estimate of drug-likeness (QED) is 0.701. The van der Waals surface area contributed by atoms with E-state index in [4.69, 9.17) is 9.47 Å². The van der Waals surface area contributed by atoms with Crippen LogP contribution in [0.5, 0.6) is 0 Å². The summed E-state index contributed by atoms with van der Waals surface area (Å²) in [5.41, 5.74) is 0. The number of hydrogen-bond donors (Lipinski definition) is 1. The molecule has 0 amide bonds. The number of aliphatic hydroxyl groups is 1. The summed E-state index contributed by atoms with van der Waals surface area (Å²) in [7, 11) is 0. The van der Waals surface area contributed by atoms with Crippen molar-refractivity contribution in [2.75, 3.05) is 52.5 Å². The standard InChI is InChI=1S/C17H30N2O3S/c1-15(2)22-14-16(20)12-19(13-17-4-3-11-23-17)6-5-18-7-9-21-10-8-18/h3-4,11,15-16,20H,5-10,12-14H2,1-2H3/t16-/m0/s1. The average molecular weight is 343 g/mol. The largest absolute Gasteiger partial charge is 0.389 e. The van der Waals surface area contributed by atoms with E-state index >= 15 is 0 Å². The predicted molar refractivity (Wildman–Crippen MR) is 93.9 cm³/mol. The molecular weight excluding hydrogens is 312 g/mol. The lowest BCUT2D eigenvalue weighted by Crippen LogP contribution is -2.43. The van der Waals surface area contributed by atoms with Crippen LogP contribution in [0.15, 0.2) is 17.5 Å². The monoisotopic (exact) mass is 342 g/mol. The molecule has 1 aromatic rings. The van der Waals surface area contributed by atoms with Gasteiger partial charge in [-0.1, -0.05) is 6.07 Å². The highest BCUT2D eigenvalue weighted by Crippen LogP contribution is 2.12. The second kappa shape index (κ2) is 10.4. The van der Waals surface area contributed by atoms with Gasteiger partial charge in [-0.05, 0) is 25.3 Å². The summed E-state index contributed by atoms with van der Waals surface area (Å²) >= 11 is 1.77. The first-order valence-corrected chi connectivity index (χ1v) is 9.36. The summed E-state index contributed by atoms with van der Waals surface area (Å²) in [4.78, 5) is 6.10. The van der Waals surface area contributed by atoms with E-state index in [1.807, 2.05) is 13.8 Å². The van der Waals surface area contributed by atoms with Gasteiger partial charge in [0.2, 0.25) is 0 Å². The molecule has 2 rings (SSSR count). The highest BCUT2D eigenvalue weighted by atomic mass is 32.1. The Hall–Kier alpha value is -0.500. The number of morpholine rings is 1. The molecule has 1 N–H and O–H groups in total. The van der Waals surface area contributed by atoms with Crippen LogP contribution in [0.1, 0.15) is 18.7 Å². The lowest BCUT2D eigenvalue weighted by molar-refractivity contribution is -0.0127. The number of nitrogens with zero attached hydrogens (tertiary/aromatic N) is 2. The van der Waals surface area contributed by atoms with E-state index in [0.717, 1.165) is 45.9 Å². The molecule has 1 saturated heterocycles. The molecular formula is C17H30N2O3S. The van der Waals surface area contributed by atoms with Gasteiger partial charge in [0.05, 0.1) is 32.0 Å². The van der Waals surface area contributed by atoms with E-state index in [9.17, 15) is 5.11 Å². The molecule has 1 aromatic heterocycles. The topological polar surface area (TPSA) is 45.2 Å². The van der Waals surface area contributed by atoms with E-state index in [1.54, 1.807) is 11.3 Å². The Morgan fingerprint density at radius 2 is 2.17 bits per heavy atom. The van der Waals surface area contributed by atoms with Gasteiger partial charge in [0.15, 0.2) is 0 Å². The molecule has 1 atom stereocenters. The summed E-state index contributed by atoms with van der Waals surface area (Å²) in [5, 5.41) is 12.3. The van der Waals surface area contributed by atoms with Crippen molar-refractivity contribution in [1.82, 2.24) is 9.80 Å². The summed E-state index contributed by atoms with van der Waals surface area (Å²) in [6.07, 6.45) is -0.286. The van der Waals surface area contributed by atoms with Crippen LogP contribution >= 0.6 is 11.3 Å². The maximum absolute atomic E-state index is 10.2. The van der Waals surface area contributed by atoms with Crippen molar-refractivity contribution in [3.63, 3.8) is 0 Å². The third-order valence-electron chi connectivity index (χ3n) is 3.89. The summed E-state index contributed by atoms with van der Waals surface area (Å²) in [6, 6.07) is 4.24. The van der Waals surface area contributed by atoms with Gasteiger partial charge in [-0.2, -0.15) is 0 Å². The number of hydrogen-bond acceptors (Lipinski definition) is 6. The SMILES string of the molecule is CC(C)OC[C@@H](O)CN(CCN1CCOCC1)Cc1cccs1. The van der Waals surface area contributed by atoms with Crippen LogP contribution in [0.2, 0.25) is 0 Å². The molecule has 6 heteroatoms. The summed E-state index contributed by atoms with van der Waals surface area (Å²) in [6.45, 7) is 11.6. The molecule has 0 bridgehead atoms. The van der Waals surface area contributed by atoms with E-state index < -0.39 is 6.10 Å². The summed E-state index contributed by atoms with van der Waals surface area (Å²) in [5.74, 6) is 0. The first-order valence-electron chi connectivity index (χ1n) is 8.48. The van der Waals surface area contributed by atoms with Crippen LogP contribution < -0.4 is 0 Å². The van der Waals surface area contributed by atoms with E-state index in [-0.39, 0.29) is 6.10 Å². The van der Waals surface area contributed by atoms with Crippen LogP contribution in [0.4, 0.5) is 0 Å². The Morgan fingerprint density at radius 3 is 2.83 bits per heavy atom. The van der Waals surface area contributed by atoms with Gasteiger partial charge >= 0.3 is 0 Å². The van der Waals surface area contributed by atoms with Crippen LogP contribution in [0, 0.1) is 0 Å². The molecule has 0 aromatic carbocycles. The number of ether oxygens (including phenoxy) is 2. The minimum absolute atomic E-state index is 0.156. The Balaban J connectivity index is 1.80. The van der Waals surface area contributed by atoms with Crippen LogP contribution in [-0.4, -0.2) is 79.7 Å². The molecule has 5 nitrogen and oxygen atoms in total. The molecule has 2 heterocycles. The third-order valence-corrected chi connectivity index (χ3v) is 4.75. The molecule has 1 fully saturated rings. The zero-order valence-corrected chi connectivity index (χ0v) is 15.1. The van der Waals surface area contributed by atoms with E-state index in [0.29, 0.717) is 13.2 Å². The van der Waals surface area contributed by atoms with Gasteiger partial charge in [-0.15, -0.1) is 11.3 Å². The van der Waals surface area contributed by atoms with E-state index in [2.05, 4.69) is 27.3 Å². The second-order valence-electron chi connectivity index (χ2n) is 6.30. The zero-order valence-electron chi connectivity index (χ0n) is 14.3. The van der Waals surface area contributed by atoms with E-state index in [1.165, 1.54) is 4.88 Å². The number of aliphatic hydroxyl groups excluding tert-OH is 1. The minimum Gasteiger partial charge on any atom is -0.389 e. The highest BCUT2D eigenvalue weighted by Gasteiger charge is 2.16. The molecule has 0 unspecified atom stereocenters. The van der Waals surface area contributed by atoms with Crippen LogP contribution in [-0.2, 0) is 16.0 Å². The van der Waals surface area contributed by atoms with Crippen molar-refractivity contribution >= 4 is 11.3 Å². The van der Waals surface area contributed by atoms with Crippen molar-refractivity contribution in [2.24, 2.45) is 0 Å². The molecule has 0 radical (unpaired) electrons. The van der Waals surface area contributed by atoms with Crippen molar-refractivity contribution in [3.05, 3.63) is 22.4 Å². The lowest BCUT2D eigenvalue weighted by Gasteiger charge is -2.30. The zero-order chi connectivity index (χ0) is 16.5.